The average Bonchev–Trinajstić information content (AvgIpc) is 2.39. The third-order valence-corrected chi connectivity index (χ3v) is 2.53. The number of halogens is 2. The molecule has 1 aromatic carbocycles. The highest BCUT2D eigenvalue weighted by Gasteiger charge is 2.16. The molecule has 0 fully saturated rings. The fourth-order valence-electron chi connectivity index (χ4n) is 1.65. The Morgan fingerprint density at radius 3 is 2.43 bits per heavy atom. The van der Waals surface area contributed by atoms with E-state index in [-0.39, 0.29) is 24.6 Å². The summed E-state index contributed by atoms with van der Waals surface area (Å²) in [6.45, 7) is 0.259. The quantitative estimate of drug-likeness (QED) is 0.745. The van der Waals surface area contributed by atoms with Gasteiger partial charge in [-0.3, -0.25) is 9.59 Å². The Labute approximate surface area is 120 Å². The maximum atomic E-state index is 12.0. The van der Waals surface area contributed by atoms with Crippen LogP contribution in [0.2, 0.25) is 0 Å². The van der Waals surface area contributed by atoms with Gasteiger partial charge in [0.15, 0.2) is 0 Å². The Morgan fingerprint density at radius 2 is 1.95 bits per heavy atom. The van der Waals surface area contributed by atoms with Crippen LogP contribution in [0.3, 0.4) is 0 Å². The summed E-state index contributed by atoms with van der Waals surface area (Å²) in [6.07, 6.45) is 1.40. The Kier molecular flexibility index (Phi) is 6.32. The summed E-state index contributed by atoms with van der Waals surface area (Å²) in [6, 6.07) is 5.60. The minimum atomic E-state index is -2.91. The zero-order valence-corrected chi connectivity index (χ0v) is 11.2. The Hall–Kier alpha value is -2.44. The van der Waals surface area contributed by atoms with Crippen LogP contribution in [-0.2, 0) is 16.0 Å². The molecule has 0 saturated heterocycles. The van der Waals surface area contributed by atoms with Gasteiger partial charge in [0.1, 0.15) is 12.3 Å². The van der Waals surface area contributed by atoms with Gasteiger partial charge < -0.3 is 14.7 Å². The van der Waals surface area contributed by atoms with Gasteiger partial charge in [0.05, 0.1) is 6.42 Å². The maximum Gasteiger partial charge on any atom is 0.387 e. The lowest BCUT2D eigenvalue weighted by molar-refractivity contribution is -0.143. The number of benzene rings is 1. The number of amides is 1. The number of carboxylic acid groups (broad SMARTS) is 1. The summed E-state index contributed by atoms with van der Waals surface area (Å²) in [7, 11) is 0. The first-order valence-corrected chi connectivity index (χ1v) is 6.06. The fraction of sp³-hybridized carbons (Fsp3) is 0.286. The van der Waals surface area contributed by atoms with E-state index in [0.29, 0.717) is 5.56 Å². The molecule has 0 bridgehead atoms. The van der Waals surface area contributed by atoms with Crippen LogP contribution in [0.4, 0.5) is 8.78 Å². The number of hydrogen-bond acceptors (Lipinski definition) is 3. The molecule has 1 amide bonds. The van der Waals surface area contributed by atoms with Crippen LogP contribution in [0.1, 0.15) is 5.56 Å². The van der Waals surface area contributed by atoms with E-state index in [9.17, 15) is 18.4 Å². The van der Waals surface area contributed by atoms with Crippen molar-refractivity contribution in [3.8, 4) is 5.75 Å². The second kappa shape index (κ2) is 7.98. The van der Waals surface area contributed by atoms with Crippen molar-refractivity contribution in [3.05, 3.63) is 42.5 Å². The average molecular weight is 299 g/mol. The highest BCUT2D eigenvalue weighted by Crippen LogP contribution is 2.15. The third-order valence-electron chi connectivity index (χ3n) is 2.53. The lowest BCUT2D eigenvalue weighted by Gasteiger charge is -2.18. The van der Waals surface area contributed by atoms with Gasteiger partial charge in [0.25, 0.3) is 0 Å². The van der Waals surface area contributed by atoms with Crippen LogP contribution in [0.15, 0.2) is 36.9 Å². The second-order valence-electron chi connectivity index (χ2n) is 4.16. The van der Waals surface area contributed by atoms with Crippen molar-refractivity contribution < 1.29 is 28.2 Å². The number of ether oxygens (including phenoxy) is 1. The lowest BCUT2D eigenvalue weighted by atomic mass is 10.1. The molecule has 114 valence electrons. The molecule has 1 aromatic rings. The van der Waals surface area contributed by atoms with E-state index < -0.39 is 19.1 Å². The van der Waals surface area contributed by atoms with Gasteiger partial charge in [0.2, 0.25) is 5.91 Å². The third kappa shape index (κ3) is 6.03. The molecule has 0 aliphatic rings. The molecular weight excluding hydrogens is 284 g/mol. The van der Waals surface area contributed by atoms with Gasteiger partial charge >= 0.3 is 12.6 Å². The van der Waals surface area contributed by atoms with Gasteiger partial charge in [-0.1, -0.05) is 18.2 Å². The van der Waals surface area contributed by atoms with Gasteiger partial charge in [-0.25, -0.2) is 0 Å². The van der Waals surface area contributed by atoms with Crippen LogP contribution in [-0.4, -0.2) is 41.6 Å². The number of carbonyl (C=O) groups excluding carboxylic acids is 1. The molecule has 0 aromatic heterocycles. The van der Waals surface area contributed by atoms with Crippen molar-refractivity contribution >= 4 is 11.9 Å². The minimum Gasteiger partial charge on any atom is -0.480 e. The van der Waals surface area contributed by atoms with E-state index in [1.54, 1.807) is 0 Å². The SMILES string of the molecule is C=CCN(CC(=O)O)C(=O)Cc1ccc(OC(F)F)cc1. The Bertz CT molecular complexity index is 502. The smallest absolute Gasteiger partial charge is 0.387 e. The highest BCUT2D eigenvalue weighted by molar-refractivity contribution is 5.83. The van der Waals surface area contributed by atoms with E-state index in [1.165, 1.54) is 30.3 Å². The molecule has 5 nitrogen and oxygen atoms in total. The Morgan fingerprint density at radius 1 is 1.33 bits per heavy atom. The molecule has 0 aliphatic heterocycles. The Balaban J connectivity index is 2.67. The van der Waals surface area contributed by atoms with Crippen LogP contribution < -0.4 is 4.74 Å². The van der Waals surface area contributed by atoms with E-state index >= 15 is 0 Å². The van der Waals surface area contributed by atoms with Crippen LogP contribution >= 0.6 is 0 Å². The normalized spacial score (nSPS) is 10.2. The first-order chi connectivity index (χ1) is 9.92. The van der Waals surface area contributed by atoms with Crippen LogP contribution in [0.25, 0.3) is 0 Å². The molecule has 0 radical (unpaired) electrons. The molecular formula is C14H15F2NO4. The minimum absolute atomic E-state index is 0.00492. The van der Waals surface area contributed by atoms with Gasteiger partial charge in [-0.05, 0) is 17.7 Å². The number of hydrogen-bond donors (Lipinski definition) is 1. The number of alkyl halides is 2. The molecule has 0 heterocycles. The molecule has 0 spiro atoms. The van der Waals surface area contributed by atoms with Crippen molar-refractivity contribution in [2.24, 2.45) is 0 Å². The second-order valence-corrected chi connectivity index (χ2v) is 4.16. The summed E-state index contributed by atoms with van der Waals surface area (Å²) in [4.78, 5) is 23.8. The molecule has 0 aliphatic carbocycles. The number of nitrogens with zero attached hydrogens (tertiary/aromatic N) is 1. The zero-order valence-electron chi connectivity index (χ0n) is 11.2. The predicted octanol–water partition coefficient (Wildman–Crippen LogP) is 1.93. The zero-order chi connectivity index (χ0) is 15.8. The number of carbonyl (C=O) groups is 2. The van der Waals surface area contributed by atoms with Crippen molar-refractivity contribution in [3.63, 3.8) is 0 Å². The van der Waals surface area contributed by atoms with Gasteiger partial charge in [-0.15, -0.1) is 6.58 Å². The molecule has 7 heteroatoms. The largest absolute Gasteiger partial charge is 0.480 e. The van der Waals surface area contributed by atoms with E-state index in [2.05, 4.69) is 11.3 Å². The highest BCUT2D eigenvalue weighted by atomic mass is 19.3. The maximum absolute atomic E-state index is 12.0. The van der Waals surface area contributed by atoms with Gasteiger partial charge in [0, 0.05) is 6.54 Å². The number of rotatable bonds is 8. The van der Waals surface area contributed by atoms with Crippen LogP contribution in [0, 0.1) is 0 Å². The van der Waals surface area contributed by atoms with E-state index in [4.69, 9.17) is 5.11 Å². The first-order valence-electron chi connectivity index (χ1n) is 6.06. The monoisotopic (exact) mass is 299 g/mol. The molecule has 1 N–H and O–H groups in total. The summed E-state index contributed by atoms with van der Waals surface area (Å²) in [5.41, 5.74) is 0.570. The topological polar surface area (TPSA) is 66.8 Å². The van der Waals surface area contributed by atoms with Crippen molar-refractivity contribution in [2.75, 3.05) is 13.1 Å². The number of aliphatic carboxylic acids is 1. The standard InChI is InChI=1S/C14H15F2NO4/c1-2-7-17(9-13(19)20)12(18)8-10-3-5-11(6-4-10)21-14(15)16/h2-6,14H,1,7-9H2,(H,19,20). The number of carboxylic acids is 1. The first kappa shape index (κ1) is 16.6. The molecule has 0 unspecified atom stereocenters. The summed E-state index contributed by atoms with van der Waals surface area (Å²) in [5.74, 6) is -1.51. The van der Waals surface area contributed by atoms with Crippen molar-refractivity contribution in [1.29, 1.82) is 0 Å². The van der Waals surface area contributed by atoms with Crippen molar-refractivity contribution in [1.82, 2.24) is 4.90 Å². The summed E-state index contributed by atoms with van der Waals surface area (Å²) >= 11 is 0. The molecule has 0 atom stereocenters. The molecule has 1 rings (SSSR count). The van der Waals surface area contributed by atoms with E-state index in [1.807, 2.05) is 0 Å². The van der Waals surface area contributed by atoms with Gasteiger partial charge in [-0.2, -0.15) is 8.78 Å². The fourth-order valence-corrected chi connectivity index (χ4v) is 1.65. The molecule has 21 heavy (non-hydrogen) atoms. The molecule has 0 saturated carbocycles. The van der Waals surface area contributed by atoms with Crippen LogP contribution in [0.5, 0.6) is 5.75 Å². The van der Waals surface area contributed by atoms with Crippen molar-refractivity contribution in [2.45, 2.75) is 13.0 Å². The summed E-state index contributed by atoms with van der Waals surface area (Å²) in [5, 5.41) is 8.73. The van der Waals surface area contributed by atoms with E-state index in [0.717, 1.165) is 4.90 Å². The summed E-state index contributed by atoms with van der Waals surface area (Å²) < 4.78 is 28.2. The lowest BCUT2D eigenvalue weighted by Crippen LogP contribution is -2.36. The predicted molar refractivity (Wildman–Crippen MR) is 71.2 cm³/mol.